The van der Waals surface area contributed by atoms with Gasteiger partial charge < -0.3 is 9.73 Å². The zero-order valence-electron chi connectivity index (χ0n) is 15.3. The van der Waals surface area contributed by atoms with Crippen LogP contribution in [0.3, 0.4) is 0 Å². The quantitative estimate of drug-likeness (QED) is 0.381. The van der Waals surface area contributed by atoms with E-state index < -0.39 is 11.9 Å². The number of thioether (sulfide) groups is 1. The molecule has 0 radical (unpaired) electrons. The number of nitrogens with zero attached hydrogens (tertiary/aromatic N) is 3. The topological polar surface area (TPSA) is 102 Å². The highest BCUT2D eigenvalue weighted by Crippen LogP contribution is 2.25. The average Bonchev–Trinajstić information content (AvgIpc) is 3.36. The molecule has 0 unspecified atom stereocenters. The zero-order valence-corrected chi connectivity index (χ0v) is 17.7. The highest BCUT2D eigenvalue weighted by Gasteiger charge is 2.16. The van der Waals surface area contributed by atoms with E-state index in [0.717, 1.165) is 10.0 Å². The fraction of sp³-hybridized carbons (Fsp3) is 0.158. The van der Waals surface area contributed by atoms with Gasteiger partial charge in [-0.1, -0.05) is 45.9 Å². The molecule has 3 rings (SSSR count). The second-order valence-corrected chi connectivity index (χ2v) is 7.67. The van der Waals surface area contributed by atoms with Gasteiger partial charge in [-0.05, 0) is 24.3 Å². The molecule has 2 heterocycles. The Morgan fingerprint density at radius 2 is 2.03 bits per heavy atom. The maximum absolute atomic E-state index is 12.1. The van der Waals surface area contributed by atoms with E-state index in [1.165, 1.54) is 18.0 Å². The van der Waals surface area contributed by atoms with E-state index >= 15 is 0 Å². The summed E-state index contributed by atoms with van der Waals surface area (Å²) in [6, 6.07) is 10.6. The van der Waals surface area contributed by atoms with Crippen LogP contribution in [0.1, 0.15) is 5.76 Å². The minimum absolute atomic E-state index is 0.0176. The van der Waals surface area contributed by atoms with Crippen molar-refractivity contribution in [3.05, 3.63) is 65.5 Å². The summed E-state index contributed by atoms with van der Waals surface area (Å²) in [5.41, 5.74) is 0.899. The highest BCUT2D eigenvalue weighted by molar-refractivity contribution is 9.10. The Bertz CT molecular complexity index is 986. The highest BCUT2D eigenvalue weighted by atomic mass is 79.9. The second-order valence-electron chi connectivity index (χ2n) is 5.81. The van der Waals surface area contributed by atoms with Crippen LogP contribution < -0.4 is 10.6 Å². The van der Waals surface area contributed by atoms with Gasteiger partial charge in [0.15, 0.2) is 11.0 Å². The van der Waals surface area contributed by atoms with E-state index in [1.54, 1.807) is 18.2 Å². The molecule has 10 heteroatoms. The van der Waals surface area contributed by atoms with E-state index in [9.17, 15) is 9.59 Å². The fourth-order valence-corrected chi connectivity index (χ4v) is 3.43. The van der Waals surface area contributed by atoms with Crippen LogP contribution in [0.25, 0.3) is 11.4 Å². The minimum Gasteiger partial charge on any atom is -0.467 e. The fourth-order valence-electron chi connectivity index (χ4n) is 2.42. The van der Waals surface area contributed by atoms with Crippen LogP contribution in [0.2, 0.25) is 0 Å². The van der Waals surface area contributed by atoms with Gasteiger partial charge in [0, 0.05) is 16.6 Å². The van der Waals surface area contributed by atoms with Gasteiger partial charge in [-0.15, -0.1) is 16.8 Å². The Morgan fingerprint density at radius 1 is 1.24 bits per heavy atom. The van der Waals surface area contributed by atoms with Crippen molar-refractivity contribution in [1.82, 2.24) is 25.4 Å². The van der Waals surface area contributed by atoms with Crippen molar-refractivity contribution in [2.24, 2.45) is 0 Å². The van der Waals surface area contributed by atoms with Crippen LogP contribution in [-0.4, -0.2) is 32.5 Å². The number of carbonyl (C=O) groups is 2. The maximum Gasteiger partial charge on any atom is 0.321 e. The number of rotatable bonds is 8. The summed E-state index contributed by atoms with van der Waals surface area (Å²) in [6.45, 7) is 4.46. The third-order valence-corrected chi connectivity index (χ3v) is 5.21. The van der Waals surface area contributed by atoms with Gasteiger partial charge in [-0.2, -0.15) is 0 Å². The minimum atomic E-state index is -0.588. The first-order chi connectivity index (χ1) is 14.1. The van der Waals surface area contributed by atoms with Gasteiger partial charge in [-0.25, -0.2) is 4.79 Å². The zero-order chi connectivity index (χ0) is 20.6. The first kappa shape index (κ1) is 20.9. The molecule has 0 atom stereocenters. The van der Waals surface area contributed by atoms with Gasteiger partial charge in [0.25, 0.3) is 0 Å². The Balaban J connectivity index is 1.58. The van der Waals surface area contributed by atoms with Crippen molar-refractivity contribution < 1.29 is 14.0 Å². The smallest absolute Gasteiger partial charge is 0.321 e. The monoisotopic (exact) mass is 475 g/mol. The van der Waals surface area contributed by atoms with Crippen molar-refractivity contribution in [2.75, 3.05) is 5.75 Å². The number of imide groups is 1. The molecule has 0 aliphatic rings. The summed E-state index contributed by atoms with van der Waals surface area (Å²) in [5.74, 6) is 0.853. The largest absolute Gasteiger partial charge is 0.467 e. The lowest BCUT2D eigenvalue weighted by atomic mass is 10.2. The summed E-state index contributed by atoms with van der Waals surface area (Å²) in [7, 11) is 0. The van der Waals surface area contributed by atoms with E-state index in [-0.39, 0.29) is 12.3 Å². The van der Waals surface area contributed by atoms with E-state index in [0.29, 0.717) is 23.3 Å². The molecule has 0 fully saturated rings. The molecule has 29 heavy (non-hydrogen) atoms. The number of benzene rings is 1. The number of hydrogen-bond acceptors (Lipinski definition) is 6. The molecule has 2 N–H and O–H groups in total. The van der Waals surface area contributed by atoms with E-state index in [4.69, 9.17) is 4.42 Å². The standard InChI is InChI=1S/C19H18BrN5O3S/c1-2-9-25-17(13-5-7-14(20)8-6-13)23-24-19(25)29-12-16(26)22-18(27)21-11-15-4-3-10-28-15/h2-8,10H,1,9,11-12H2,(H2,21,22,26,27). The van der Waals surface area contributed by atoms with Crippen LogP contribution >= 0.6 is 27.7 Å². The molecule has 3 aromatic rings. The second kappa shape index (κ2) is 10.1. The Morgan fingerprint density at radius 3 is 2.72 bits per heavy atom. The molecule has 0 bridgehead atoms. The van der Waals surface area contributed by atoms with Crippen LogP contribution in [0, 0.1) is 0 Å². The number of allylic oxidation sites excluding steroid dienone is 1. The SMILES string of the molecule is C=CCn1c(SCC(=O)NC(=O)NCc2ccco2)nnc1-c1ccc(Br)cc1. The summed E-state index contributed by atoms with van der Waals surface area (Å²) in [5, 5.41) is 13.8. The van der Waals surface area contributed by atoms with E-state index in [2.05, 4.69) is 43.3 Å². The van der Waals surface area contributed by atoms with Gasteiger partial charge in [0.1, 0.15) is 5.76 Å². The lowest BCUT2D eigenvalue weighted by molar-refractivity contribution is -0.117. The molecule has 150 valence electrons. The number of aromatic nitrogens is 3. The number of urea groups is 1. The molecular weight excluding hydrogens is 458 g/mol. The molecule has 1 aromatic carbocycles. The third-order valence-electron chi connectivity index (χ3n) is 3.72. The van der Waals surface area contributed by atoms with Crippen molar-refractivity contribution in [3.63, 3.8) is 0 Å². The molecule has 8 nitrogen and oxygen atoms in total. The van der Waals surface area contributed by atoms with Gasteiger partial charge in [0.2, 0.25) is 5.91 Å². The Kier molecular flexibility index (Phi) is 7.25. The Labute approximate surface area is 179 Å². The first-order valence-corrected chi connectivity index (χ1v) is 10.4. The number of carbonyl (C=O) groups excluding carboxylic acids is 2. The maximum atomic E-state index is 12.1. The van der Waals surface area contributed by atoms with Gasteiger partial charge in [0.05, 0.1) is 18.6 Å². The van der Waals surface area contributed by atoms with Crippen molar-refractivity contribution in [2.45, 2.75) is 18.2 Å². The molecule has 0 saturated heterocycles. The normalized spacial score (nSPS) is 10.5. The summed E-state index contributed by atoms with van der Waals surface area (Å²) >= 11 is 4.60. The van der Waals surface area contributed by atoms with Gasteiger partial charge >= 0.3 is 6.03 Å². The molecule has 0 saturated carbocycles. The van der Waals surface area contributed by atoms with Crippen LogP contribution in [0.4, 0.5) is 4.79 Å². The van der Waals surface area contributed by atoms with E-state index in [1.807, 2.05) is 28.8 Å². The molecule has 0 aliphatic heterocycles. The Hall–Kier alpha value is -2.85. The third kappa shape index (κ3) is 5.81. The predicted molar refractivity (Wildman–Crippen MR) is 113 cm³/mol. The lowest BCUT2D eigenvalue weighted by Gasteiger charge is -2.08. The first-order valence-electron chi connectivity index (χ1n) is 8.59. The molecule has 2 aromatic heterocycles. The predicted octanol–water partition coefficient (Wildman–Crippen LogP) is 3.60. The molecular formula is C19H18BrN5O3S. The number of halogens is 1. The number of amides is 3. The summed E-state index contributed by atoms with van der Waals surface area (Å²) < 4.78 is 7.95. The summed E-state index contributed by atoms with van der Waals surface area (Å²) in [6.07, 6.45) is 3.25. The van der Waals surface area contributed by atoms with Crippen LogP contribution in [0.5, 0.6) is 0 Å². The number of furan rings is 1. The van der Waals surface area contributed by atoms with Crippen LogP contribution in [-0.2, 0) is 17.9 Å². The van der Waals surface area contributed by atoms with Gasteiger partial charge in [-0.3, -0.25) is 14.7 Å². The average molecular weight is 476 g/mol. The number of hydrogen-bond donors (Lipinski definition) is 2. The number of nitrogens with one attached hydrogen (secondary N) is 2. The molecule has 0 spiro atoms. The molecule has 3 amide bonds. The molecule has 0 aliphatic carbocycles. The summed E-state index contributed by atoms with van der Waals surface area (Å²) in [4.78, 5) is 23.9. The van der Waals surface area contributed by atoms with Crippen molar-refractivity contribution in [3.8, 4) is 11.4 Å². The van der Waals surface area contributed by atoms with Crippen molar-refractivity contribution in [1.29, 1.82) is 0 Å². The van der Waals surface area contributed by atoms with Crippen LogP contribution in [0.15, 0.2) is 69.4 Å². The van der Waals surface area contributed by atoms with Crippen molar-refractivity contribution >= 4 is 39.6 Å². The lowest BCUT2D eigenvalue weighted by Crippen LogP contribution is -2.39.